The molecule has 10 heteroatoms. The Labute approximate surface area is 191 Å². The van der Waals surface area contributed by atoms with Gasteiger partial charge in [-0.3, -0.25) is 14.9 Å². The Hall–Kier alpha value is -4.05. The van der Waals surface area contributed by atoms with Crippen molar-refractivity contribution < 1.29 is 28.2 Å². The molecule has 0 aliphatic heterocycles. The second-order valence-corrected chi connectivity index (χ2v) is 7.99. The number of methoxy groups -OCH3 is 1. The summed E-state index contributed by atoms with van der Waals surface area (Å²) >= 11 is 1.14. The number of amides is 2. The van der Waals surface area contributed by atoms with Crippen LogP contribution in [-0.4, -0.2) is 41.3 Å². The first-order valence-electron chi connectivity index (χ1n) is 9.77. The fourth-order valence-electron chi connectivity index (χ4n) is 3.17. The molecule has 33 heavy (non-hydrogen) atoms. The number of rotatable bonds is 6. The number of fused-ring (bicyclic) bond motifs is 1. The van der Waals surface area contributed by atoms with Crippen molar-refractivity contribution in [2.24, 2.45) is 0 Å². The number of imide groups is 1. The molecule has 8 nitrogen and oxygen atoms in total. The lowest BCUT2D eigenvalue weighted by Gasteiger charge is -2.08. The Morgan fingerprint density at radius 2 is 1.85 bits per heavy atom. The van der Waals surface area contributed by atoms with E-state index in [1.54, 1.807) is 48.0 Å². The Morgan fingerprint density at radius 3 is 2.58 bits per heavy atom. The molecule has 0 saturated carbocycles. The third-order valence-electron chi connectivity index (χ3n) is 4.76. The van der Waals surface area contributed by atoms with Gasteiger partial charge in [-0.15, -0.1) is 11.3 Å². The zero-order valence-electron chi connectivity index (χ0n) is 17.6. The number of benzene rings is 2. The molecule has 0 unspecified atom stereocenters. The molecule has 0 spiro atoms. The maximum absolute atomic E-state index is 13.2. The Kier molecular flexibility index (Phi) is 6.18. The van der Waals surface area contributed by atoms with Gasteiger partial charge in [0.05, 0.1) is 24.1 Å². The first-order valence-corrected chi connectivity index (χ1v) is 10.6. The number of carbonyl (C=O) groups is 3. The smallest absolute Gasteiger partial charge is 0.348 e. The lowest BCUT2D eigenvalue weighted by molar-refractivity contribution is -0.123. The minimum Gasteiger partial charge on any atom is -0.496 e. The number of para-hydroxylation sites is 1. The van der Waals surface area contributed by atoms with Crippen molar-refractivity contribution in [1.82, 2.24) is 15.1 Å². The van der Waals surface area contributed by atoms with Crippen LogP contribution in [0.4, 0.5) is 4.39 Å². The highest BCUT2D eigenvalue weighted by atomic mass is 32.1. The van der Waals surface area contributed by atoms with Crippen LogP contribution in [0.3, 0.4) is 0 Å². The normalized spacial score (nSPS) is 10.8. The van der Waals surface area contributed by atoms with Crippen molar-refractivity contribution in [3.8, 4) is 11.4 Å². The maximum Gasteiger partial charge on any atom is 0.348 e. The third-order valence-corrected chi connectivity index (χ3v) is 5.85. The number of hydrogen-bond acceptors (Lipinski definition) is 7. The Bertz CT molecular complexity index is 1360. The number of aromatic nitrogens is 2. The summed E-state index contributed by atoms with van der Waals surface area (Å²) in [5.74, 6) is -2.19. The van der Waals surface area contributed by atoms with E-state index in [1.165, 1.54) is 25.3 Å². The van der Waals surface area contributed by atoms with E-state index in [4.69, 9.17) is 9.47 Å². The average molecular weight is 467 g/mol. The number of carbonyl (C=O) groups excluding carboxylic acids is 3. The second-order valence-electron chi connectivity index (χ2n) is 6.96. The van der Waals surface area contributed by atoms with E-state index in [0.717, 1.165) is 16.7 Å². The standard InChI is InChI=1S/C23H18FN3O5S/c1-13-17-11-19(33-22(17)27(26-13)15-9-7-14(24)8-10-15)23(30)32-12-20(28)25-21(29)16-5-3-4-6-18(16)31-2/h3-11H,12H2,1-2H3,(H,25,28,29). The molecule has 4 aromatic rings. The van der Waals surface area contributed by atoms with Crippen LogP contribution >= 0.6 is 11.3 Å². The molecular weight excluding hydrogens is 449 g/mol. The van der Waals surface area contributed by atoms with Crippen LogP contribution < -0.4 is 10.1 Å². The topological polar surface area (TPSA) is 99.5 Å². The number of thiophene rings is 1. The molecule has 4 rings (SSSR count). The van der Waals surface area contributed by atoms with Gasteiger partial charge in [0.15, 0.2) is 6.61 Å². The first kappa shape index (κ1) is 22.2. The molecule has 0 radical (unpaired) electrons. The number of nitrogens with zero attached hydrogens (tertiary/aromatic N) is 2. The fourth-order valence-corrected chi connectivity index (χ4v) is 4.25. The number of aryl methyl sites for hydroxylation is 1. The highest BCUT2D eigenvalue weighted by molar-refractivity contribution is 7.20. The van der Waals surface area contributed by atoms with Gasteiger partial charge in [-0.25, -0.2) is 13.9 Å². The van der Waals surface area contributed by atoms with Crippen molar-refractivity contribution in [2.45, 2.75) is 6.92 Å². The Balaban J connectivity index is 1.44. The van der Waals surface area contributed by atoms with Crippen molar-refractivity contribution in [3.05, 3.63) is 76.5 Å². The van der Waals surface area contributed by atoms with Crippen LogP contribution in [0, 0.1) is 12.7 Å². The predicted octanol–water partition coefficient (Wildman–Crippen LogP) is 3.66. The summed E-state index contributed by atoms with van der Waals surface area (Å²) in [5, 5.41) is 7.35. The zero-order chi connectivity index (χ0) is 23.5. The van der Waals surface area contributed by atoms with Crippen LogP contribution in [0.1, 0.15) is 25.7 Å². The minimum atomic E-state index is -0.769. The first-order chi connectivity index (χ1) is 15.9. The van der Waals surface area contributed by atoms with Crippen molar-refractivity contribution in [2.75, 3.05) is 13.7 Å². The molecule has 0 saturated heterocycles. The number of nitrogens with one attached hydrogen (secondary N) is 1. The van der Waals surface area contributed by atoms with E-state index in [9.17, 15) is 18.8 Å². The van der Waals surface area contributed by atoms with Crippen LogP contribution in [0.25, 0.3) is 15.9 Å². The molecule has 2 amide bonds. The summed E-state index contributed by atoms with van der Waals surface area (Å²) in [6.45, 7) is 1.16. The summed E-state index contributed by atoms with van der Waals surface area (Å²) in [6, 6.07) is 13.9. The van der Waals surface area contributed by atoms with E-state index < -0.39 is 24.4 Å². The molecule has 2 heterocycles. The number of ether oxygens (including phenoxy) is 2. The third kappa shape index (κ3) is 4.60. The average Bonchev–Trinajstić information content (AvgIpc) is 3.38. The highest BCUT2D eigenvalue weighted by Crippen LogP contribution is 2.30. The molecular formula is C23H18FN3O5S. The summed E-state index contributed by atoms with van der Waals surface area (Å²) < 4.78 is 25.0. The number of halogens is 1. The summed E-state index contributed by atoms with van der Waals surface area (Å²) in [4.78, 5) is 37.8. The summed E-state index contributed by atoms with van der Waals surface area (Å²) in [6.07, 6.45) is 0. The summed E-state index contributed by atoms with van der Waals surface area (Å²) in [7, 11) is 1.41. The van der Waals surface area contributed by atoms with Gasteiger partial charge in [-0.05, 0) is 49.4 Å². The largest absolute Gasteiger partial charge is 0.496 e. The van der Waals surface area contributed by atoms with Crippen LogP contribution in [0.15, 0.2) is 54.6 Å². The SMILES string of the molecule is COc1ccccc1C(=O)NC(=O)COC(=O)c1cc2c(C)nn(-c3ccc(F)cc3)c2s1. The van der Waals surface area contributed by atoms with Crippen molar-refractivity contribution >= 4 is 39.3 Å². The van der Waals surface area contributed by atoms with Gasteiger partial charge in [0.2, 0.25) is 0 Å². The van der Waals surface area contributed by atoms with Gasteiger partial charge in [-0.1, -0.05) is 12.1 Å². The highest BCUT2D eigenvalue weighted by Gasteiger charge is 2.20. The lowest BCUT2D eigenvalue weighted by atomic mass is 10.2. The van der Waals surface area contributed by atoms with Crippen molar-refractivity contribution in [1.29, 1.82) is 0 Å². The van der Waals surface area contributed by atoms with Gasteiger partial charge < -0.3 is 9.47 Å². The molecule has 1 N–H and O–H groups in total. The zero-order valence-corrected chi connectivity index (χ0v) is 18.4. The molecule has 0 aliphatic rings. The molecule has 2 aromatic heterocycles. The van der Waals surface area contributed by atoms with Gasteiger partial charge in [-0.2, -0.15) is 5.10 Å². The molecule has 0 fully saturated rings. The fraction of sp³-hybridized carbons (Fsp3) is 0.130. The monoisotopic (exact) mass is 467 g/mol. The molecule has 0 atom stereocenters. The predicted molar refractivity (Wildman–Crippen MR) is 119 cm³/mol. The second kappa shape index (κ2) is 9.21. The maximum atomic E-state index is 13.2. The van der Waals surface area contributed by atoms with Gasteiger partial charge in [0.1, 0.15) is 21.3 Å². The van der Waals surface area contributed by atoms with Gasteiger partial charge in [0, 0.05) is 5.39 Å². The van der Waals surface area contributed by atoms with Crippen molar-refractivity contribution in [3.63, 3.8) is 0 Å². The molecule has 0 bridgehead atoms. The van der Waals surface area contributed by atoms with E-state index >= 15 is 0 Å². The van der Waals surface area contributed by atoms with Crippen LogP contribution in [-0.2, 0) is 9.53 Å². The Morgan fingerprint density at radius 1 is 1.12 bits per heavy atom. The van der Waals surface area contributed by atoms with E-state index in [0.29, 0.717) is 22.0 Å². The number of esters is 1. The number of hydrogen-bond donors (Lipinski definition) is 1. The quantitative estimate of drug-likeness (QED) is 0.435. The van der Waals surface area contributed by atoms with Crippen LogP contribution in [0.2, 0.25) is 0 Å². The molecule has 2 aromatic carbocycles. The molecule has 0 aliphatic carbocycles. The van der Waals surface area contributed by atoms with E-state index in [-0.39, 0.29) is 16.3 Å². The van der Waals surface area contributed by atoms with Gasteiger partial charge >= 0.3 is 5.97 Å². The summed E-state index contributed by atoms with van der Waals surface area (Å²) in [5.41, 5.74) is 1.51. The van der Waals surface area contributed by atoms with E-state index in [2.05, 4.69) is 10.4 Å². The van der Waals surface area contributed by atoms with E-state index in [1.807, 2.05) is 0 Å². The van der Waals surface area contributed by atoms with Gasteiger partial charge in [0.25, 0.3) is 11.8 Å². The lowest BCUT2D eigenvalue weighted by Crippen LogP contribution is -2.34. The minimum absolute atomic E-state index is 0.185. The molecule has 168 valence electrons. The van der Waals surface area contributed by atoms with Crippen LogP contribution in [0.5, 0.6) is 5.75 Å².